The van der Waals surface area contributed by atoms with Crippen molar-refractivity contribution in [3.63, 3.8) is 0 Å². The second-order valence-electron chi connectivity index (χ2n) is 26.3. The number of alkyl halides is 12. The zero-order valence-corrected chi connectivity index (χ0v) is 52.4. The first kappa shape index (κ1) is 73.3. The minimum Gasteiger partial charge on any atom is -0.460 e. The van der Waals surface area contributed by atoms with Gasteiger partial charge in [-0.2, -0.15) is 52.7 Å². The van der Waals surface area contributed by atoms with E-state index in [9.17, 15) is 76.7 Å². The Kier molecular flexibility index (Phi) is 24.6. The molecule has 502 valence electrons. The lowest BCUT2D eigenvalue weighted by molar-refractivity contribution is -0.309. The van der Waals surface area contributed by atoms with Crippen molar-refractivity contribution in [2.75, 3.05) is 58.9 Å². The Hall–Kier alpha value is -4.79. The molecule has 1 aliphatic carbocycles. The number of carbonyl (C=O) groups is 5. The largest absolute Gasteiger partial charge is 0.460 e. The van der Waals surface area contributed by atoms with Gasteiger partial charge in [-0.1, -0.05) is 42.1 Å². The van der Waals surface area contributed by atoms with Gasteiger partial charge in [-0.25, -0.2) is 9.59 Å². The van der Waals surface area contributed by atoms with Crippen LogP contribution in [0.15, 0.2) is 36.4 Å². The summed E-state index contributed by atoms with van der Waals surface area (Å²) in [5.41, 5.74) is 2.49. The number of aldehydes is 1. The van der Waals surface area contributed by atoms with Gasteiger partial charge in [0.05, 0.1) is 11.8 Å². The van der Waals surface area contributed by atoms with E-state index in [4.69, 9.17) is 32.7 Å². The maximum Gasteiger partial charge on any atom is 0.434 e. The second-order valence-corrected chi connectivity index (χ2v) is 27.1. The van der Waals surface area contributed by atoms with Crippen LogP contribution in [-0.4, -0.2) is 167 Å². The van der Waals surface area contributed by atoms with E-state index in [0.29, 0.717) is 54.4 Å². The summed E-state index contributed by atoms with van der Waals surface area (Å²) < 4.78 is 170. The van der Waals surface area contributed by atoms with Crippen LogP contribution in [0.4, 0.5) is 62.3 Å². The van der Waals surface area contributed by atoms with E-state index in [1.54, 1.807) is 6.07 Å². The Morgan fingerprint density at radius 3 is 1.25 bits per heavy atom. The Morgan fingerprint density at radius 2 is 0.865 bits per heavy atom. The highest BCUT2D eigenvalue weighted by molar-refractivity contribution is 6.31. The van der Waals surface area contributed by atoms with Crippen molar-refractivity contribution in [2.45, 2.75) is 205 Å². The molecule has 5 heterocycles. The molecule has 0 radical (unpaired) electrons. The summed E-state index contributed by atoms with van der Waals surface area (Å²) in [6.07, 6.45) is -22.5. The average molecular weight is 1330 g/mol. The molecular weight excluding hydrogens is 1250 g/mol. The van der Waals surface area contributed by atoms with E-state index in [2.05, 4.69) is 30.2 Å². The first-order valence-corrected chi connectivity index (χ1v) is 30.8. The third-order valence-electron chi connectivity index (χ3n) is 17.0. The SMILES string of the molecule is CC(C)(C)OC(=O)C1CCN(Cc2cc(Cl)cc(C=O)c2)CC1.CC(C)(C)OC(=O)C1CCN(Cc2cc(Cl)cc(CN3CCCC34CCN(C(=O)OC(C(F)(F)F)C(F)(F)F)CC4)c2)CC1.O=C(OC(C(F)(F)F)C(F)(F)F)N1CCC2(CCCC2)CC1. The normalized spacial score (nSPS) is 20.2. The van der Waals surface area contributed by atoms with Gasteiger partial charge in [0.25, 0.3) is 12.2 Å². The van der Waals surface area contributed by atoms with Crippen molar-refractivity contribution in [1.29, 1.82) is 0 Å². The highest BCUT2D eigenvalue weighted by Crippen LogP contribution is 2.47. The zero-order chi connectivity index (χ0) is 66.1. The number of nitrogens with zero attached hydrogens (tertiary/aromatic N) is 5. The van der Waals surface area contributed by atoms with Gasteiger partial charge in [-0.3, -0.25) is 29.1 Å². The van der Waals surface area contributed by atoms with Crippen LogP contribution in [0.3, 0.4) is 0 Å². The molecule has 89 heavy (non-hydrogen) atoms. The van der Waals surface area contributed by atoms with E-state index in [1.807, 2.05) is 65.8 Å². The van der Waals surface area contributed by atoms with Crippen molar-refractivity contribution in [3.05, 3.63) is 68.7 Å². The number of likely N-dealkylation sites (tertiary alicyclic amines) is 5. The van der Waals surface area contributed by atoms with Gasteiger partial charge < -0.3 is 28.7 Å². The van der Waals surface area contributed by atoms with Crippen LogP contribution in [0.25, 0.3) is 0 Å². The van der Waals surface area contributed by atoms with E-state index < -0.39 is 60.3 Å². The lowest BCUT2D eigenvalue weighted by Crippen LogP contribution is -2.54. The van der Waals surface area contributed by atoms with Crippen molar-refractivity contribution in [3.8, 4) is 0 Å². The smallest absolute Gasteiger partial charge is 0.434 e. The number of amides is 2. The fourth-order valence-electron chi connectivity index (χ4n) is 12.6. The van der Waals surface area contributed by atoms with Crippen molar-refractivity contribution < 1.29 is 95.6 Å². The summed E-state index contributed by atoms with van der Waals surface area (Å²) in [6.45, 7) is 17.5. The van der Waals surface area contributed by atoms with E-state index >= 15 is 0 Å². The van der Waals surface area contributed by atoms with Crippen molar-refractivity contribution in [2.24, 2.45) is 17.3 Å². The van der Waals surface area contributed by atoms with Crippen LogP contribution in [0.2, 0.25) is 10.0 Å². The number of halogens is 14. The molecule has 6 fully saturated rings. The van der Waals surface area contributed by atoms with Gasteiger partial charge in [0, 0.05) is 67.0 Å². The van der Waals surface area contributed by atoms with Crippen LogP contribution in [0.1, 0.15) is 158 Å². The molecule has 2 amide bonds. The van der Waals surface area contributed by atoms with Crippen molar-refractivity contribution in [1.82, 2.24) is 24.5 Å². The fourth-order valence-corrected chi connectivity index (χ4v) is 13.1. The molecule has 0 aromatic heterocycles. The number of hydrogen-bond donors (Lipinski definition) is 0. The third kappa shape index (κ3) is 22.2. The van der Waals surface area contributed by atoms with Crippen LogP contribution in [0, 0.1) is 17.3 Å². The first-order valence-electron chi connectivity index (χ1n) is 30.0. The van der Waals surface area contributed by atoms with Crippen LogP contribution >= 0.6 is 23.2 Å². The molecule has 1 saturated carbocycles. The van der Waals surface area contributed by atoms with Gasteiger partial charge in [-0.05, 0) is 204 Å². The number of benzene rings is 2. The number of carbonyl (C=O) groups excluding carboxylic acids is 5. The minimum atomic E-state index is -5.75. The maximum absolute atomic E-state index is 12.9. The van der Waals surface area contributed by atoms with Gasteiger partial charge in [0.15, 0.2) is 0 Å². The first-order chi connectivity index (χ1) is 41.1. The lowest BCUT2D eigenvalue weighted by Gasteiger charge is -2.45. The molecule has 8 rings (SSSR count). The molecular formula is C61H81Cl2F12N5O9. The molecule has 14 nitrogen and oxygen atoms in total. The summed E-state index contributed by atoms with van der Waals surface area (Å²) in [5, 5.41) is 1.17. The quantitative estimate of drug-likeness (QED) is 0.0916. The summed E-state index contributed by atoms with van der Waals surface area (Å²) in [5.74, 6) is -0.384. The van der Waals surface area contributed by atoms with Gasteiger partial charge in [0.1, 0.15) is 17.5 Å². The summed E-state index contributed by atoms with van der Waals surface area (Å²) in [7, 11) is 0. The minimum absolute atomic E-state index is 0.00217. The third-order valence-corrected chi connectivity index (χ3v) is 17.5. The number of hydrogen-bond acceptors (Lipinski definition) is 12. The van der Waals surface area contributed by atoms with Crippen molar-refractivity contribution >= 4 is 53.6 Å². The van der Waals surface area contributed by atoms with Gasteiger partial charge in [0.2, 0.25) is 0 Å². The van der Waals surface area contributed by atoms with E-state index in [0.717, 1.165) is 136 Å². The molecule has 0 unspecified atom stereocenters. The molecule has 6 aliphatic rings. The number of esters is 2. The zero-order valence-electron chi connectivity index (χ0n) is 50.9. The summed E-state index contributed by atoms with van der Waals surface area (Å²) in [4.78, 5) is 68.1. The molecule has 0 atom stereocenters. The Balaban J connectivity index is 0.000000235. The molecule has 5 saturated heterocycles. The Morgan fingerprint density at radius 1 is 0.494 bits per heavy atom. The van der Waals surface area contributed by atoms with Gasteiger partial charge in [-0.15, -0.1) is 0 Å². The number of ether oxygens (including phenoxy) is 4. The van der Waals surface area contributed by atoms with Gasteiger partial charge >= 0.3 is 48.8 Å². The Labute approximate surface area is 521 Å². The number of rotatable bonds is 11. The second kappa shape index (κ2) is 29.9. The fraction of sp³-hybridized carbons (Fsp3) is 0.721. The van der Waals surface area contributed by atoms with Crippen LogP contribution < -0.4 is 0 Å². The molecule has 28 heteroatoms. The molecule has 0 N–H and O–H groups in total. The number of piperidine rings is 4. The molecule has 2 spiro atoms. The highest BCUT2D eigenvalue weighted by Gasteiger charge is 2.62. The van der Waals surface area contributed by atoms with Crippen LogP contribution in [-0.2, 0) is 48.2 Å². The lowest BCUT2D eigenvalue weighted by atomic mass is 9.77. The predicted octanol–water partition coefficient (Wildman–Crippen LogP) is 14.9. The molecule has 2 aromatic carbocycles. The molecule has 5 aliphatic heterocycles. The average Bonchev–Trinajstić information content (AvgIpc) is 1.81. The molecule has 0 bridgehead atoms. The highest BCUT2D eigenvalue weighted by atomic mass is 35.5. The summed E-state index contributed by atoms with van der Waals surface area (Å²) >= 11 is 12.5. The maximum atomic E-state index is 12.9. The monoisotopic (exact) mass is 1330 g/mol. The van der Waals surface area contributed by atoms with E-state index in [-0.39, 0.29) is 60.9 Å². The summed E-state index contributed by atoms with van der Waals surface area (Å²) in [6, 6.07) is 11.3. The Bertz CT molecular complexity index is 2670. The van der Waals surface area contributed by atoms with E-state index in [1.165, 1.54) is 0 Å². The standard InChI is InChI=1S/C30H40ClF6N3O4.C18H24ClNO3.C13H17F6NO2/c1-27(2,3)44-24(41)22-5-11-38(12-6-22)18-20-15-21(17-23(31)16-20)19-40-10-4-7-28(40)8-13-39(14-9-28)26(42)43-25(29(32,33)34)30(35,36)37;1-18(2,3)23-17(22)15-4-6-20(7-5-15)11-13-8-14(12-21)10-16(19)9-13;14-12(15,16)9(13(17,18)19)22-10(21)20-7-5-11(6-8-20)3-1-2-4-11/h15-17,22,25H,4-14,18-19H2,1-3H3;8-10,12,15H,4-7,11H2,1-3H3;9H,1-8H2. The predicted molar refractivity (Wildman–Crippen MR) is 306 cm³/mol. The van der Waals surface area contributed by atoms with Crippen LogP contribution in [0.5, 0.6) is 0 Å². The topological polar surface area (TPSA) is 138 Å². The molecule has 2 aromatic rings.